The number of benzene rings is 1. The first-order chi connectivity index (χ1) is 18.3. The molecule has 0 saturated heterocycles. The lowest BCUT2D eigenvalue weighted by Gasteiger charge is -2.56. The lowest BCUT2D eigenvalue weighted by molar-refractivity contribution is -0.157. The number of methoxy groups -OCH3 is 1. The van der Waals surface area contributed by atoms with Crippen molar-refractivity contribution in [2.24, 2.45) is 17.3 Å². The normalized spacial score (nSPS) is 22.2. The first kappa shape index (κ1) is 24.3. The zero-order valence-electron chi connectivity index (χ0n) is 21.7. The van der Waals surface area contributed by atoms with Gasteiger partial charge in [0.2, 0.25) is 5.88 Å². The number of fused-ring (bicyclic) bond motifs is 1. The molecular weight excluding hydrogens is 478 g/mol. The Balaban J connectivity index is 1.19. The van der Waals surface area contributed by atoms with Gasteiger partial charge in [0.25, 0.3) is 0 Å². The predicted octanol–water partition coefficient (Wildman–Crippen LogP) is 5.93. The van der Waals surface area contributed by atoms with Crippen molar-refractivity contribution < 1.29 is 19.4 Å². The number of ether oxygens (including phenoxy) is 1. The molecule has 3 aromatic heterocycles. The van der Waals surface area contributed by atoms with Crippen LogP contribution >= 0.6 is 0 Å². The molecule has 1 aromatic carbocycles. The van der Waals surface area contributed by atoms with Gasteiger partial charge in [0.05, 0.1) is 29.8 Å². The number of nitrogens with zero attached hydrogens (tertiary/aromatic N) is 3. The summed E-state index contributed by atoms with van der Waals surface area (Å²) < 4.78 is 7.39. The van der Waals surface area contributed by atoms with Gasteiger partial charge in [0.1, 0.15) is 0 Å². The fraction of sp³-hybridized carbons (Fsp3) is 0.355. The number of aryl methyl sites for hydroxylation is 1. The van der Waals surface area contributed by atoms with E-state index in [9.17, 15) is 14.7 Å². The van der Waals surface area contributed by atoms with Crippen molar-refractivity contribution in [3.63, 3.8) is 0 Å². The third-order valence-corrected chi connectivity index (χ3v) is 8.46. The van der Waals surface area contributed by atoms with Crippen LogP contribution in [0.2, 0.25) is 0 Å². The highest BCUT2D eigenvalue weighted by molar-refractivity contribution is 6.07. The highest BCUT2D eigenvalue weighted by Gasteiger charge is 2.54. The maximum absolute atomic E-state index is 13.5. The molecule has 7 nitrogen and oxygen atoms in total. The van der Waals surface area contributed by atoms with Crippen molar-refractivity contribution in [2.75, 3.05) is 7.11 Å². The second-order valence-corrected chi connectivity index (χ2v) is 11.1. The maximum Gasteiger partial charge on any atom is 0.306 e. The van der Waals surface area contributed by atoms with Crippen molar-refractivity contribution in [2.45, 2.75) is 45.6 Å². The second kappa shape index (κ2) is 9.39. The summed E-state index contributed by atoms with van der Waals surface area (Å²) in [4.78, 5) is 33.7. The van der Waals surface area contributed by atoms with E-state index in [-0.39, 0.29) is 17.1 Å². The number of aliphatic carboxylic acids is 1. The molecule has 0 radical (unpaired) electrons. The van der Waals surface area contributed by atoms with E-state index in [1.54, 1.807) is 13.3 Å². The van der Waals surface area contributed by atoms with E-state index in [0.717, 1.165) is 59.1 Å². The first-order valence-electron chi connectivity index (χ1n) is 13.1. The van der Waals surface area contributed by atoms with Gasteiger partial charge in [-0.05, 0) is 61.6 Å². The molecule has 7 heteroatoms. The zero-order valence-corrected chi connectivity index (χ0v) is 21.7. The monoisotopic (exact) mass is 509 g/mol. The molecule has 38 heavy (non-hydrogen) atoms. The Morgan fingerprint density at radius 1 is 1.08 bits per heavy atom. The number of ketones is 1. The highest BCUT2D eigenvalue weighted by Crippen LogP contribution is 2.62. The summed E-state index contributed by atoms with van der Waals surface area (Å²) >= 11 is 0. The predicted molar refractivity (Wildman–Crippen MR) is 144 cm³/mol. The van der Waals surface area contributed by atoms with Crippen LogP contribution in [0.5, 0.6) is 5.88 Å². The van der Waals surface area contributed by atoms with E-state index in [0.29, 0.717) is 30.3 Å². The zero-order chi connectivity index (χ0) is 26.4. The van der Waals surface area contributed by atoms with Gasteiger partial charge in [-0.1, -0.05) is 30.3 Å². The van der Waals surface area contributed by atoms with Crippen molar-refractivity contribution in [3.8, 4) is 17.1 Å². The van der Waals surface area contributed by atoms with Gasteiger partial charge < -0.3 is 14.4 Å². The van der Waals surface area contributed by atoms with Gasteiger partial charge in [0, 0.05) is 48.1 Å². The molecule has 1 N–H and O–H groups in total. The van der Waals surface area contributed by atoms with Crippen LogP contribution < -0.4 is 4.74 Å². The molecule has 0 atom stereocenters. The molecule has 2 aliphatic carbocycles. The molecule has 0 amide bonds. The highest BCUT2D eigenvalue weighted by atomic mass is 16.5. The van der Waals surface area contributed by atoms with Gasteiger partial charge in [-0.25, -0.2) is 4.98 Å². The lowest BCUT2D eigenvalue weighted by atomic mass is 9.47. The molecule has 0 aliphatic heterocycles. The average molecular weight is 510 g/mol. The summed E-state index contributed by atoms with van der Waals surface area (Å²) in [5.41, 5.74) is 5.68. The number of Topliss-reactive ketones (excluding diaryl/α,β-unsaturated/α-hetero) is 1. The number of pyridine rings is 2. The third kappa shape index (κ3) is 4.36. The minimum atomic E-state index is -0.685. The summed E-state index contributed by atoms with van der Waals surface area (Å²) in [7, 11) is 1.61. The molecule has 2 aliphatic rings. The fourth-order valence-electron chi connectivity index (χ4n) is 6.53. The number of hydrogen-bond donors (Lipinski definition) is 1. The molecular formula is C31H31N3O4. The Hall–Kier alpha value is -4.00. The van der Waals surface area contributed by atoms with Crippen molar-refractivity contribution >= 4 is 22.7 Å². The molecule has 4 aromatic rings. The van der Waals surface area contributed by atoms with E-state index in [1.165, 1.54) is 0 Å². The molecule has 2 fully saturated rings. The Kier molecular flexibility index (Phi) is 6.01. The number of carbonyl (C=O) groups is 2. The Labute approximate surface area is 221 Å². The number of aromatic nitrogens is 3. The summed E-state index contributed by atoms with van der Waals surface area (Å²) in [6.07, 6.45) is 7.70. The van der Waals surface area contributed by atoms with Crippen LogP contribution in [0.4, 0.5) is 0 Å². The van der Waals surface area contributed by atoms with Crippen LogP contribution in [0.1, 0.15) is 53.7 Å². The number of rotatable bonds is 8. The SMILES string of the molecule is COc1cccc(-c2ccc(Cn3ccc4c(C)ncc(C(=O)CC5CC6(C5)CC(C(=O)O)C6)c43)cc2)n1. The van der Waals surface area contributed by atoms with E-state index >= 15 is 0 Å². The molecule has 1 spiro atoms. The summed E-state index contributed by atoms with van der Waals surface area (Å²) in [5.74, 6) is 0.152. The van der Waals surface area contributed by atoms with Crippen LogP contribution in [-0.4, -0.2) is 38.5 Å². The largest absolute Gasteiger partial charge is 0.481 e. The van der Waals surface area contributed by atoms with Gasteiger partial charge in [0.15, 0.2) is 5.78 Å². The topological polar surface area (TPSA) is 94.3 Å². The quantitative estimate of drug-likeness (QED) is 0.296. The lowest BCUT2D eigenvalue weighted by Crippen LogP contribution is -2.50. The Morgan fingerprint density at radius 3 is 2.55 bits per heavy atom. The van der Waals surface area contributed by atoms with Crippen LogP contribution in [0.25, 0.3) is 22.2 Å². The molecule has 194 valence electrons. The summed E-state index contributed by atoms with van der Waals surface area (Å²) in [6.45, 7) is 2.62. The number of carboxylic acid groups (broad SMARTS) is 1. The van der Waals surface area contributed by atoms with Crippen molar-refractivity contribution in [3.05, 3.63) is 77.7 Å². The molecule has 6 rings (SSSR count). The molecule has 2 saturated carbocycles. The number of hydrogen-bond acceptors (Lipinski definition) is 5. The standard InChI is InChI=1S/C31H31N3O4/c1-19-24-10-11-34(18-20-6-8-22(9-7-20)26-4-3-5-28(33-26)38-2)29(24)25(17-32-19)27(35)12-21-13-31(14-21)15-23(16-31)30(36)37/h3-11,17,21,23H,12-16,18H2,1-2H3,(H,36,37). The average Bonchev–Trinajstić information content (AvgIpc) is 3.29. The molecule has 0 bridgehead atoms. The third-order valence-electron chi connectivity index (χ3n) is 8.46. The van der Waals surface area contributed by atoms with Crippen LogP contribution in [0.15, 0.2) is 60.9 Å². The number of carbonyl (C=O) groups excluding carboxylic acids is 1. The van der Waals surface area contributed by atoms with Crippen LogP contribution in [0.3, 0.4) is 0 Å². The van der Waals surface area contributed by atoms with E-state index in [4.69, 9.17) is 4.74 Å². The van der Waals surface area contributed by atoms with Gasteiger partial charge in [-0.3, -0.25) is 14.6 Å². The van der Waals surface area contributed by atoms with Gasteiger partial charge >= 0.3 is 5.97 Å². The summed E-state index contributed by atoms with van der Waals surface area (Å²) in [5, 5.41) is 10.2. The second-order valence-electron chi connectivity index (χ2n) is 11.1. The van der Waals surface area contributed by atoms with Gasteiger partial charge in [-0.2, -0.15) is 0 Å². The van der Waals surface area contributed by atoms with Crippen LogP contribution in [0, 0.1) is 24.2 Å². The Bertz CT molecular complexity index is 1520. The van der Waals surface area contributed by atoms with E-state index in [2.05, 4.69) is 38.8 Å². The molecule has 0 unspecified atom stereocenters. The first-order valence-corrected chi connectivity index (χ1v) is 13.1. The van der Waals surface area contributed by atoms with Gasteiger partial charge in [-0.15, -0.1) is 0 Å². The van der Waals surface area contributed by atoms with Crippen LogP contribution in [-0.2, 0) is 11.3 Å². The minimum absolute atomic E-state index is 0.121. The number of carboxylic acids is 1. The summed E-state index contributed by atoms with van der Waals surface area (Å²) in [6, 6.07) is 16.1. The Morgan fingerprint density at radius 2 is 1.84 bits per heavy atom. The minimum Gasteiger partial charge on any atom is -0.481 e. The molecule has 3 heterocycles. The van der Waals surface area contributed by atoms with Crippen molar-refractivity contribution in [1.29, 1.82) is 0 Å². The van der Waals surface area contributed by atoms with E-state index < -0.39 is 5.97 Å². The van der Waals surface area contributed by atoms with E-state index in [1.807, 2.05) is 37.4 Å². The maximum atomic E-state index is 13.5. The van der Waals surface area contributed by atoms with Crippen molar-refractivity contribution in [1.82, 2.24) is 14.5 Å². The smallest absolute Gasteiger partial charge is 0.306 e. The fourth-order valence-corrected chi connectivity index (χ4v) is 6.53.